The van der Waals surface area contributed by atoms with Crippen LogP contribution < -0.4 is 30.1 Å². The van der Waals surface area contributed by atoms with Crippen LogP contribution >= 0.6 is 46.4 Å². The lowest BCUT2D eigenvalue weighted by molar-refractivity contribution is -0.386. The molecule has 0 aliphatic carbocycles. The van der Waals surface area contributed by atoms with Gasteiger partial charge in [0.05, 0.1) is 69.7 Å². The topological polar surface area (TPSA) is 270 Å². The quantitative estimate of drug-likeness (QED) is 0.0434. The molecule has 0 saturated heterocycles. The second-order valence-electron chi connectivity index (χ2n) is 14.1. The van der Waals surface area contributed by atoms with Gasteiger partial charge in [0.25, 0.3) is 11.8 Å². The van der Waals surface area contributed by atoms with E-state index in [0.29, 0.717) is 65.4 Å². The SMILES string of the molecule is COc1nc(NCCN(c2ncc(-c3ncc[nH]3)c(-c3ccc(Cl)cc3Cl)n2)N(CCNc2ccc([N+](=O)[O-])c(OC)n2)c2ncc(-c3ncc[nH]3)c(-c3ccc(Cl)cc3Cl)n2)ccc1[N+](=O)[O-]. The molecule has 0 atom stereocenters. The Morgan fingerprint density at radius 3 is 1.37 bits per heavy atom. The van der Waals surface area contributed by atoms with Crippen molar-refractivity contribution in [3.63, 3.8) is 0 Å². The van der Waals surface area contributed by atoms with E-state index in [1.807, 2.05) is 0 Å². The largest absolute Gasteiger partial charge is 0.476 e. The molecule has 8 aromatic rings. The predicted octanol–water partition coefficient (Wildman–Crippen LogP) is 9.07. The molecule has 0 bridgehead atoms. The standard InChI is InChI=1S/C42H34Cl4N16O6/c1-67-39-31(61(63)64)7-9-33(55-39)47-15-17-59(41-53-21-27(37-49-11-12-50-37)35(57-41)25-5-3-23(43)19-29(25)45)60(18-16-48-34-10-8-32(62(65)66)40(56-34)68-2)42-54-22-28(38-51-13-14-52-38)36(58-42)26-6-4-24(44)20-30(26)46/h3-14,19-22H,15-18H2,1-2H3,(H,47,55)(H,48,56)(H,49,50)(H,51,52). The van der Waals surface area contributed by atoms with Crippen LogP contribution in [0.4, 0.5) is 34.9 Å². The van der Waals surface area contributed by atoms with Crippen LogP contribution in [-0.4, -0.2) is 100 Å². The molecule has 6 heterocycles. The number of aromatic nitrogens is 10. The summed E-state index contributed by atoms with van der Waals surface area (Å²) in [7, 11) is 2.57. The third-order valence-electron chi connectivity index (χ3n) is 9.90. The smallest absolute Gasteiger partial charge is 0.331 e. The lowest BCUT2D eigenvalue weighted by Gasteiger charge is -2.35. The number of halogens is 4. The second kappa shape index (κ2) is 20.7. The van der Waals surface area contributed by atoms with Crippen LogP contribution in [0.25, 0.3) is 45.3 Å². The molecule has 26 heteroatoms. The normalized spacial score (nSPS) is 11.0. The summed E-state index contributed by atoms with van der Waals surface area (Å²) < 4.78 is 10.4. The van der Waals surface area contributed by atoms with Crippen molar-refractivity contribution < 1.29 is 19.3 Å². The number of methoxy groups -OCH3 is 2. The molecule has 0 saturated carbocycles. The van der Waals surface area contributed by atoms with E-state index in [0.717, 1.165) is 0 Å². The number of rotatable bonds is 19. The van der Waals surface area contributed by atoms with E-state index in [4.69, 9.17) is 75.8 Å². The van der Waals surface area contributed by atoms with Crippen molar-refractivity contribution in [2.24, 2.45) is 0 Å². The van der Waals surface area contributed by atoms with Gasteiger partial charge in [-0.3, -0.25) is 20.2 Å². The summed E-state index contributed by atoms with van der Waals surface area (Å²) in [5, 5.41) is 34.6. The molecule has 22 nitrogen and oxygen atoms in total. The Morgan fingerprint density at radius 1 is 0.588 bits per heavy atom. The highest BCUT2D eigenvalue weighted by Crippen LogP contribution is 2.38. The summed E-state index contributed by atoms with van der Waals surface area (Å²) in [6, 6.07) is 15.5. The second-order valence-corrected chi connectivity index (χ2v) is 15.7. The van der Waals surface area contributed by atoms with E-state index >= 15 is 0 Å². The van der Waals surface area contributed by atoms with Crippen molar-refractivity contribution in [1.82, 2.24) is 49.8 Å². The van der Waals surface area contributed by atoms with Gasteiger partial charge < -0.3 is 30.1 Å². The minimum absolute atomic E-state index is 0.0544. The summed E-state index contributed by atoms with van der Waals surface area (Å²) in [4.78, 5) is 65.9. The molecule has 0 spiro atoms. The van der Waals surface area contributed by atoms with E-state index in [1.165, 1.54) is 38.5 Å². The molecule has 0 fully saturated rings. The number of hydrogen-bond acceptors (Lipinski definition) is 18. The fourth-order valence-corrected chi connectivity index (χ4v) is 7.81. The first-order valence-corrected chi connectivity index (χ1v) is 21.5. The molecule has 6 aromatic heterocycles. The Morgan fingerprint density at radius 2 is 1.01 bits per heavy atom. The van der Waals surface area contributed by atoms with Gasteiger partial charge in [-0.15, -0.1) is 0 Å². The maximum absolute atomic E-state index is 11.7. The maximum atomic E-state index is 11.7. The van der Waals surface area contributed by atoms with Crippen molar-refractivity contribution in [3.05, 3.63) is 138 Å². The number of nitro groups is 2. The molecule has 4 N–H and O–H groups in total. The number of anilines is 4. The van der Waals surface area contributed by atoms with Crippen LogP contribution in [-0.2, 0) is 0 Å². The zero-order chi connectivity index (χ0) is 47.9. The summed E-state index contributed by atoms with van der Waals surface area (Å²) in [6.07, 6.45) is 9.69. The first-order valence-electron chi connectivity index (χ1n) is 20.0. The van der Waals surface area contributed by atoms with E-state index in [1.54, 1.807) is 83.6 Å². The van der Waals surface area contributed by atoms with Crippen LogP contribution in [0.15, 0.2) is 97.8 Å². The molecule has 0 aliphatic rings. The number of ether oxygens (including phenoxy) is 2. The number of nitrogens with zero attached hydrogens (tertiary/aromatic N) is 12. The highest BCUT2D eigenvalue weighted by Gasteiger charge is 2.28. The Hall–Kier alpha value is -7.92. The third kappa shape index (κ3) is 10.2. The lowest BCUT2D eigenvalue weighted by Crippen LogP contribution is -2.49. The molecule has 0 amide bonds. The number of hydrogen-bond donors (Lipinski definition) is 4. The number of nitrogens with one attached hydrogen (secondary N) is 4. The fourth-order valence-electron chi connectivity index (χ4n) is 6.82. The Labute approximate surface area is 405 Å². The number of imidazole rings is 2. The zero-order valence-corrected chi connectivity index (χ0v) is 38.4. The molecular formula is C42H34Cl4N16O6. The highest BCUT2D eigenvalue weighted by atomic mass is 35.5. The molecule has 346 valence electrons. The van der Waals surface area contributed by atoms with Crippen LogP contribution in [0, 0.1) is 20.2 Å². The molecule has 68 heavy (non-hydrogen) atoms. The van der Waals surface area contributed by atoms with Gasteiger partial charge in [-0.25, -0.2) is 39.9 Å². The van der Waals surface area contributed by atoms with Gasteiger partial charge in [0.2, 0.25) is 11.9 Å². The van der Waals surface area contributed by atoms with Crippen LogP contribution in [0.3, 0.4) is 0 Å². The van der Waals surface area contributed by atoms with Crippen molar-refractivity contribution in [3.8, 4) is 57.1 Å². The van der Waals surface area contributed by atoms with Gasteiger partial charge >= 0.3 is 11.4 Å². The summed E-state index contributed by atoms with van der Waals surface area (Å²) in [6.45, 7) is 0.330. The number of aromatic amines is 2. The Balaban J connectivity index is 1.29. The van der Waals surface area contributed by atoms with Gasteiger partial charge in [-0.05, 0) is 48.5 Å². The lowest BCUT2D eigenvalue weighted by atomic mass is 10.1. The fraction of sp³-hybridized carbons (Fsp3) is 0.143. The molecule has 0 unspecified atom stereocenters. The van der Waals surface area contributed by atoms with Gasteiger partial charge in [-0.1, -0.05) is 46.4 Å². The van der Waals surface area contributed by atoms with Crippen molar-refractivity contribution in [2.75, 3.05) is 61.1 Å². The van der Waals surface area contributed by atoms with Crippen LogP contribution in [0.1, 0.15) is 0 Å². The number of H-pyrrole nitrogens is 2. The number of pyridine rings is 2. The first-order chi connectivity index (χ1) is 32.9. The van der Waals surface area contributed by atoms with Gasteiger partial charge in [-0.2, -0.15) is 9.97 Å². The van der Waals surface area contributed by atoms with Crippen molar-refractivity contribution in [1.29, 1.82) is 0 Å². The molecule has 2 aromatic carbocycles. The summed E-state index contributed by atoms with van der Waals surface area (Å²) in [5.41, 5.74) is 2.17. The van der Waals surface area contributed by atoms with E-state index in [2.05, 4.69) is 40.5 Å². The highest BCUT2D eigenvalue weighted by molar-refractivity contribution is 6.37. The van der Waals surface area contributed by atoms with Crippen molar-refractivity contribution >= 4 is 81.3 Å². The Kier molecular flexibility index (Phi) is 14.2. The van der Waals surface area contributed by atoms with E-state index < -0.39 is 9.85 Å². The van der Waals surface area contributed by atoms with Gasteiger partial charge in [0, 0.05) is 83.6 Å². The summed E-state index contributed by atoms with van der Waals surface area (Å²) in [5.74, 6) is 1.30. The van der Waals surface area contributed by atoms with E-state index in [-0.39, 0.29) is 72.8 Å². The average molecular weight is 1000 g/mol. The predicted molar refractivity (Wildman–Crippen MR) is 257 cm³/mol. The number of benzene rings is 2. The molecule has 0 radical (unpaired) electrons. The minimum atomic E-state index is -0.595. The maximum Gasteiger partial charge on any atom is 0.331 e. The van der Waals surface area contributed by atoms with Crippen LogP contribution in [0.5, 0.6) is 11.8 Å². The molecular weight excluding hydrogens is 966 g/mol. The first kappa shape index (κ1) is 46.6. The van der Waals surface area contributed by atoms with Crippen molar-refractivity contribution in [2.45, 2.75) is 0 Å². The van der Waals surface area contributed by atoms with Crippen LogP contribution in [0.2, 0.25) is 20.1 Å². The Bertz CT molecular complexity index is 2910. The van der Waals surface area contributed by atoms with Gasteiger partial charge in [0.15, 0.2) is 0 Å². The minimum Gasteiger partial charge on any atom is -0.476 e. The monoisotopic (exact) mass is 998 g/mol. The zero-order valence-electron chi connectivity index (χ0n) is 35.4. The van der Waals surface area contributed by atoms with Gasteiger partial charge in [0.1, 0.15) is 23.3 Å². The average Bonchev–Trinajstić information content (AvgIpc) is 4.08. The number of hydrazine groups is 1. The molecule has 0 aliphatic heterocycles. The molecule has 8 rings (SSSR count). The third-order valence-corrected chi connectivity index (χ3v) is 11.0. The summed E-state index contributed by atoms with van der Waals surface area (Å²) >= 11 is 26.4. The van der Waals surface area contributed by atoms with E-state index in [9.17, 15) is 20.2 Å².